The van der Waals surface area contributed by atoms with Crippen LogP contribution in [0.2, 0.25) is 0 Å². The molecule has 12 heavy (non-hydrogen) atoms. The number of benzene rings is 1. The predicted molar refractivity (Wildman–Crippen MR) is 52.9 cm³/mol. The van der Waals surface area contributed by atoms with Crippen molar-refractivity contribution in [3.63, 3.8) is 0 Å². The van der Waals surface area contributed by atoms with Crippen LogP contribution in [0.4, 0.5) is 5.69 Å². The van der Waals surface area contributed by atoms with Crippen molar-refractivity contribution in [2.75, 3.05) is 11.4 Å². The second-order valence-electron chi connectivity index (χ2n) is 3.17. The Hall–Kier alpha value is -1.02. The largest absolute Gasteiger partial charge is 0.369 e. The molecule has 1 fully saturated rings. The minimum Gasteiger partial charge on any atom is -0.369 e. The lowest BCUT2D eigenvalue weighted by atomic mass is 10.0. The molecule has 1 aromatic carbocycles. The minimum atomic E-state index is 0. The van der Waals surface area contributed by atoms with Crippen molar-refractivity contribution < 1.29 is 0 Å². The van der Waals surface area contributed by atoms with Crippen LogP contribution in [0.15, 0.2) is 30.3 Å². The molecular weight excluding hydrogens is 148 g/mol. The van der Waals surface area contributed by atoms with E-state index in [-0.39, 0.29) is 6.15 Å². The Labute approximate surface area is 73.8 Å². The number of anilines is 1. The van der Waals surface area contributed by atoms with Crippen LogP contribution < -0.4 is 11.1 Å². The summed E-state index contributed by atoms with van der Waals surface area (Å²) in [7, 11) is 0. The molecule has 1 saturated heterocycles. The van der Waals surface area contributed by atoms with Crippen molar-refractivity contribution in [2.24, 2.45) is 0 Å². The molecule has 0 spiro atoms. The average Bonchev–Trinajstić information content (AvgIpc) is 2.04. The quantitative estimate of drug-likeness (QED) is 0.692. The number of hydrogen-bond donors (Lipinski definition) is 1. The van der Waals surface area contributed by atoms with Crippen LogP contribution in [0.3, 0.4) is 0 Å². The molecule has 0 bridgehead atoms. The van der Waals surface area contributed by atoms with E-state index in [1.54, 1.807) is 0 Å². The number of hydrogen-bond acceptors (Lipinski definition) is 2. The van der Waals surface area contributed by atoms with E-state index in [0.29, 0.717) is 0 Å². The van der Waals surface area contributed by atoms with Crippen LogP contribution in [0, 0.1) is 0 Å². The molecule has 0 aliphatic carbocycles. The first kappa shape index (κ1) is 9.07. The topological polar surface area (TPSA) is 38.2 Å². The fourth-order valence-corrected chi connectivity index (χ4v) is 1.52. The van der Waals surface area contributed by atoms with Gasteiger partial charge in [-0.3, -0.25) is 0 Å². The maximum Gasteiger partial charge on any atom is 0.0368 e. The summed E-state index contributed by atoms with van der Waals surface area (Å²) in [5.41, 5.74) is 1.37. The third kappa shape index (κ3) is 1.43. The van der Waals surface area contributed by atoms with Crippen LogP contribution in [0.1, 0.15) is 13.3 Å². The lowest BCUT2D eigenvalue weighted by Crippen LogP contribution is -2.45. The predicted octanol–water partition coefficient (Wildman–Crippen LogP) is 2.45. The van der Waals surface area contributed by atoms with E-state index in [1.807, 2.05) is 0 Å². The van der Waals surface area contributed by atoms with Crippen molar-refractivity contribution in [1.82, 2.24) is 6.15 Å². The van der Waals surface area contributed by atoms with Crippen molar-refractivity contribution in [3.05, 3.63) is 30.3 Å². The van der Waals surface area contributed by atoms with Gasteiger partial charge in [-0.05, 0) is 25.5 Å². The summed E-state index contributed by atoms with van der Waals surface area (Å²) < 4.78 is 0. The SMILES string of the molecule is CC1CCN1c1ccccc1.N. The first-order valence-electron chi connectivity index (χ1n) is 4.19. The maximum atomic E-state index is 2.43. The summed E-state index contributed by atoms with van der Waals surface area (Å²) in [4.78, 5) is 2.43. The fourth-order valence-electron chi connectivity index (χ4n) is 1.52. The third-order valence-corrected chi connectivity index (χ3v) is 2.41. The maximum absolute atomic E-state index is 2.43. The molecule has 2 heteroatoms. The van der Waals surface area contributed by atoms with Crippen molar-refractivity contribution in [1.29, 1.82) is 0 Å². The van der Waals surface area contributed by atoms with Crippen molar-refractivity contribution in [3.8, 4) is 0 Å². The van der Waals surface area contributed by atoms with Gasteiger partial charge in [0.1, 0.15) is 0 Å². The number of para-hydroxylation sites is 1. The van der Waals surface area contributed by atoms with E-state index < -0.39 is 0 Å². The Morgan fingerprint density at radius 2 is 1.92 bits per heavy atom. The molecule has 1 unspecified atom stereocenters. The molecule has 0 saturated carbocycles. The molecule has 1 atom stereocenters. The lowest BCUT2D eigenvalue weighted by molar-refractivity contribution is 0.481. The molecule has 1 aromatic rings. The summed E-state index contributed by atoms with van der Waals surface area (Å²) in [6, 6.07) is 11.4. The lowest BCUT2D eigenvalue weighted by Gasteiger charge is -2.40. The van der Waals surface area contributed by atoms with E-state index in [4.69, 9.17) is 0 Å². The van der Waals surface area contributed by atoms with Gasteiger partial charge in [0, 0.05) is 18.3 Å². The molecule has 0 radical (unpaired) electrons. The number of nitrogens with zero attached hydrogens (tertiary/aromatic N) is 1. The molecule has 2 nitrogen and oxygen atoms in total. The van der Waals surface area contributed by atoms with Gasteiger partial charge in [-0.1, -0.05) is 18.2 Å². The van der Waals surface area contributed by atoms with E-state index >= 15 is 0 Å². The number of rotatable bonds is 1. The molecule has 0 aromatic heterocycles. The second-order valence-corrected chi connectivity index (χ2v) is 3.17. The van der Waals surface area contributed by atoms with Gasteiger partial charge in [0.15, 0.2) is 0 Å². The van der Waals surface area contributed by atoms with E-state index in [9.17, 15) is 0 Å². The van der Waals surface area contributed by atoms with Crippen LogP contribution in [-0.4, -0.2) is 12.6 Å². The third-order valence-electron chi connectivity index (χ3n) is 2.41. The standard InChI is InChI=1S/C10H13N.H3N/c1-9-7-8-11(9)10-5-3-2-4-6-10;/h2-6,9H,7-8H2,1H3;1H3. The highest BCUT2D eigenvalue weighted by atomic mass is 15.2. The van der Waals surface area contributed by atoms with Crippen LogP contribution in [-0.2, 0) is 0 Å². The first-order chi connectivity index (χ1) is 5.38. The van der Waals surface area contributed by atoms with Crippen LogP contribution >= 0.6 is 0 Å². The molecule has 1 heterocycles. The summed E-state index contributed by atoms with van der Waals surface area (Å²) in [5, 5.41) is 0. The fraction of sp³-hybridized carbons (Fsp3) is 0.400. The van der Waals surface area contributed by atoms with Crippen molar-refractivity contribution >= 4 is 5.69 Å². The minimum absolute atomic E-state index is 0. The second kappa shape index (κ2) is 3.59. The van der Waals surface area contributed by atoms with E-state index in [0.717, 1.165) is 6.04 Å². The van der Waals surface area contributed by atoms with Gasteiger partial charge in [0.05, 0.1) is 0 Å². The summed E-state index contributed by atoms with van der Waals surface area (Å²) in [5.74, 6) is 0. The Balaban J connectivity index is 0.000000720. The van der Waals surface area contributed by atoms with Crippen LogP contribution in [0.5, 0.6) is 0 Å². The smallest absolute Gasteiger partial charge is 0.0368 e. The molecule has 1 aliphatic heterocycles. The zero-order chi connectivity index (χ0) is 7.68. The highest BCUT2D eigenvalue weighted by Gasteiger charge is 2.22. The Kier molecular flexibility index (Phi) is 2.71. The van der Waals surface area contributed by atoms with Gasteiger partial charge in [-0.15, -0.1) is 0 Å². The summed E-state index contributed by atoms with van der Waals surface area (Å²) in [6.45, 7) is 3.50. The highest BCUT2D eigenvalue weighted by molar-refractivity contribution is 5.49. The molecule has 0 amide bonds. The van der Waals surface area contributed by atoms with Crippen molar-refractivity contribution in [2.45, 2.75) is 19.4 Å². The average molecular weight is 164 g/mol. The Bertz CT molecular complexity index is 233. The summed E-state index contributed by atoms with van der Waals surface area (Å²) in [6.07, 6.45) is 1.34. The molecule has 1 aliphatic rings. The van der Waals surface area contributed by atoms with E-state index in [1.165, 1.54) is 18.7 Å². The first-order valence-corrected chi connectivity index (χ1v) is 4.19. The van der Waals surface area contributed by atoms with Gasteiger partial charge in [-0.2, -0.15) is 0 Å². The zero-order valence-corrected chi connectivity index (χ0v) is 7.53. The Morgan fingerprint density at radius 3 is 2.33 bits per heavy atom. The molecule has 66 valence electrons. The molecule has 2 rings (SSSR count). The van der Waals surface area contributed by atoms with Gasteiger partial charge in [0.2, 0.25) is 0 Å². The highest BCUT2D eigenvalue weighted by Crippen LogP contribution is 2.24. The van der Waals surface area contributed by atoms with Gasteiger partial charge in [-0.25, -0.2) is 0 Å². The monoisotopic (exact) mass is 164 g/mol. The molecule has 3 N–H and O–H groups in total. The van der Waals surface area contributed by atoms with Gasteiger partial charge < -0.3 is 11.1 Å². The normalized spacial score (nSPS) is 21.1. The van der Waals surface area contributed by atoms with E-state index in [2.05, 4.69) is 42.2 Å². The zero-order valence-electron chi connectivity index (χ0n) is 7.53. The van der Waals surface area contributed by atoms with Gasteiger partial charge in [0.25, 0.3) is 0 Å². The molecular formula is C10H16N2. The Morgan fingerprint density at radius 1 is 1.25 bits per heavy atom. The van der Waals surface area contributed by atoms with Gasteiger partial charge >= 0.3 is 0 Å². The summed E-state index contributed by atoms with van der Waals surface area (Å²) >= 11 is 0. The van der Waals surface area contributed by atoms with Crippen LogP contribution in [0.25, 0.3) is 0 Å².